The summed E-state index contributed by atoms with van der Waals surface area (Å²) in [7, 11) is -3.52. The number of nitrogens with one attached hydrogen (secondary N) is 1. The first-order chi connectivity index (χ1) is 10.0. The molecule has 21 heavy (non-hydrogen) atoms. The molecule has 0 aliphatic carbocycles. The van der Waals surface area contributed by atoms with Gasteiger partial charge in [0.2, 0.25) is 10.0 Å². The summed E-state index contributed by atoms with van der Waals surface area (Å²) in [6.07, 6.45) is 0. The van der Waals surface area contributed by atoms with E-state index in [9.17, 15) is 12.8 Å². The molecule has 1 fully saturated rings. The molecule has 2 rings (SSSR count). The van der Waals surface area contributed by atoms with Gasteiger partial charge in [0.25, 0.3) is 0 Å². The maximum absolute atomic E-state index is 13.8. The number of piperazine rings is 1. The minimum Gasteiger partial charge on any atom is -0.314 e. The van der Waals surface area contributed by atoms with Gasteiger partial charge < -0.3 is 5.32 Å². The first-order valence-electron chi connectivity index (χ1n) is 7.22. The van der Waals surface area contributed by atoms with Crippen LogP contribution in [0.25, 0.3) is 0 Å². The number of halogens is 1. The van der Waals surface area contributed by atoms with E-state index in [0.717, 1.165) is 30.5 Å². The maximum atomic E-state index is 13.8. The Morgan fingerprint density at radius 2 is 1.95 bits per heavy atom. The number of nitrogens with zero attached hydrogens (tertiary/aromatic N) is 2. The second-order valence-corrected chi connectivity index (χ2v) is 7.04. The molecule has 1 saturated heterocycles. The van der Waals surface area contributed by atoms with E-state index in [1.165, 1.54) is 12.1 Å². The van der Waals surface area contributed by atoms with Crippen molar-refractivity contribution in [1.29, 1.82) is 0 Å². The molecule has 0 spiro atoms. The molecule has 0 radical (unpaired) electrons. The van der Waals surface area contributed by atoms with Gasteiger partial charge in [-0.2, -0.15) is 0 Å². The normalized spacial score (nSPS) is 16.9. The topological polar surface area (TPSA) is 52.7 Å². The predicted molar refractivity (Wildman–Crippen MR) is 82.5 cm³/mol. The van der Waals surface area contributed by atoms with Crippen LogP contribution >= 0.6 is 0 Å². The molecule has 7 heteroatoms. The van der Waals surface area contributed by atoms with Crippen LogP contribution in [0.3, 0.4) is 0 Å². The second-order valence-electron chi connectivity index (χ2n) is 5.02. The van der Waals surface area contributed by atoms with Crippen molar-refractivity contribution in [3.05, 3.63) is 30.1 Å². The van der Waals surface area contributed by atoms with E-state index in [1.807, 2.05) is 0 Å². The van der Waals surface area contributed by atoms with E-state index in [1.54, 1.807) is 19.1 Å². The van der Waals surface area contributed by atoms with E-state index in [-0.39, 0.29) is 18.0 Å². The van der Waals surface area contributed by atoms with Gasteiger partial charge in [-0.1, -0.05) is 12.1 Å². The van der Waals surface area contributed by atoms with Crippen molar-refractivity contribution in [3.63, 3.8) is 0 Å². The Bertz CT molecular complexity index is 559. The average molecular weight is 315 g/mol. The number of benzene rings is 1. The van der Waals surface area contributed by atoms with Gasteiger partial charge in [0.15, 0.2) is 0 Å². The summed E-state index contributed by atoms with van der Waals surface area (Å²) in [4.78, 5) is 2.11. The first kappa shape index (κ1) is 16.2. The molecule has 1 heterocycles. The molecule has 0 aromatic heterocycles. The Labute approximate surface area is 125 Å². The van der Waals surface area contributed by atoms with Crippen LogP contribution in [0, 0.1) is 5.82 Å². The molecule has 5 nitrogen and oxygen atoms in total. The van der Waals surface area contributed by atoms with Gasteiger partial charge in [0.1, 0.15) is 5.82 Å². The minimum atomic E-state index is -3.52. The summed E-state index contributed by atoms with van der Waals surface area (Å²) < 4.78 is 39.9. The quantitative estimate of drug-likeness (QED) is 0.847. The van der Waals surface area contributed by atoms with Gasteiger partial charge in [-0.3, -0.25) is 9.21 Å². The van der Waals surface area contributed by atoms with E-state index in [4.69, 9.17) is 0 Å². The Morgan fingerprint density at radius 1 is 1.29 bits per heavy atom. The zero-order valence-corrected chi connectivity index (χ0v) is 13.1. The average Bonchev–Trinajstić information content (AvgIpc) is 2.49. The van der Waals surface area contributed by atoms with Gasteiger partial charge in [0.05, 0.1) is 11.4 Å². The largest absolute Gasteiger partial charge is 0.314 e. The number of rotatable bonds is 6. The fraction of sp³-hybridized carbons (Fsp3) is 0.571. The third-order valence-corrected chi connectivity index (χ3v) is 5.44. The van der Waals surface area contributed by atoms with Crippen LogP contribution in [0.1, 0.15) is 6.92 Å². The van der Waals surface area contributed by atoms with E-state index >= 15 is 0 Å². The Kier molecular flexibility index (Phi) is 5.55. The predicted octanol–water partition coefficient (Wildman–Crippen LogP) is 0.887. The summed E-state index contributed by atoms with van der Waals surface area (Å²) in [5.41, 5.74) is 0.125. The standard InChI is InChI=1S/C14H22FN3O2S/c1-2-18(14-6-4-3-5-13(14)15)21(19,20)12-11-17-9-7-16-8-10-17/h3-6,16H,2,7-12H2,1H3. The van der Waals surface area contributed by atoms with Crippen LogP contribution in [-0.2, 0) is 10.0 Å². The smallest absolute Gasteiger partial charge is 0.236 e. The number of hydrogen-bond donors (Lipinski definition) is 1. The number of para-hydroxylation sites is 1. The third kappa shape index (κ3) is 4.15. The molecule has 0 atom stereocenters. The number of hydrogen-bond acceptors (Lipinski definition) is 4. The molecular weight excluding hydrogens is 293 g/mol. The van der Waals surface area contributed by atoms with Crippen molar-refractivity contribution in [1.82, 2.24) is 10.2 Å². The molecule has 1 aliphatic rings. The molecule has 1 aliphatic heterocycles. The van der Waals surface area contributed by atoms with Crippen molar-refractivity contribution in [2.24, 2.45) is 0 Å². The summed E-state index contributed by atoms with van der Waals surface area (Å²) in [6.45, 7) is 5.88. The summed E-state index contributed by atoms with van der Waals surface area (Å²) in [6, 6.07) is 5.98. The van der Waals surface area contributed by atoms with Crippen LogP contribution in [0.2, 0.25) is 0 Å². The highest BCUT2D eigenvalue weighted by molar-refractivity contribution is 7.92. The molecule has 1 N–H and O–H groups in total. The van der Waals surface area contributed by atoms with Gasteiger partial charge in [-0.15, -0.1) is 0 Å². The van der Waals surface area contributed by atoms with Gasteiger partial charge >= 0.3 is 0 Å². The lowest BCUT2D eigenvalue weighted by atomic mass is 10.3. The lowest BCUT2D eigenvalue weighted by Gasteiger charge is -2.29. The zero-order chi connectivity index (χ0) is 15.3. The number of anilines is 1. The molecule has 0 amide bonds. The van der Waals surface area contributed by atoms with E-state index in [2.05, 4.69) is 10.2 Å². The van der Waals surface area contributed by atoms with Crippen LogP contribution in [0.5, 0.6) is 0 Å². The lowest BCUT2D eigenvalue weighted by Crippen LogP contribution is -2.46. The van der Waals surface area contributed by atoms with Crippen molar-refractivity contribution in [2.75, 3.05) is 49.3 Å². The van der Waals surface area contributed by atoms with E-state index in [0.29, 0.717) is 6.54 Å². The highest BCUT2D eigenvalue weighted by Gasteiger charge is 2.24. The van der Waals surface area contributed by atoms with Crippen molar-refractivity contribution in [3.8, 4) is 0 Å². The summed E-state index contributed by atoms with van der Waals surface area (Å²) in [5, 5.41) is 3.23. The monoisotopic (exact) mass is 315 g/mol. The molecule has 1 aromatic carbocycles. The van der Waals surface area contributed by atoms with Crippen molar-refractivity contribution < 1.29 is 12.8 Å². The fourth-order valence-corrected chi connectivity index (χ4v) is 4.01. The maximum Gasteiger partial charge on any atom is 0.236 e. The fourth-order valence-electron chi connectivity index (χ4n) is 2.46. The van der Waals surface area contributed by atoms with Crippen LogP contribution < -0.4 is 9.62 Å². The zero-order valence-electron chi connectivity index (χ0n) is 12.3. The van der Waals surface area contributed by atoms with Gasteiger partial charge in [-0.25, -0.2) is 12.8 Å². The van der Waals surface area contributed by atoms with Crippen LogP contribution in [0.15, 0.2) is 24.3 Å². The Balaban J connectivity index is 2.07. The first-order valence-corrected chi connectivity index (χ1v) is 8.83. The highest BCUT2D eigenvalue weighted by atomic mass is 32.2. The Morgan fingerprint density at radius 3 is 2.57 bits per heavy atom. The SMILES string of the molecule is CCN(c1ccccc1F)S(=O)(=O)CCN1CCNCC1. The molecule has 1 aromatic rings. The van der Waals surface area contributed by atoms with Gasteiger partial charge in [-0.05, 0) is 19.1 Å². The highest BCUT2D eigenvalue weighted by Crippen LogP contribution is 2.21. The Hall–Kier alpha value is -1.18. The van der Waals surface area contributed by atoms with Crippen LogP contribution in [0.4, 0.5) is 10.1 Å². The molecular formula is C14H22FN3O2S. The molecule has 118 valence electrons. The minimum absolute atomic E-state index is 0.00910. The molecule has 0 bridgehead atoms. The summed E-state index contributed by atoms with van der Waals surface area (Å²) in [5.74, 6) is -0.500. The van der Waals surface area contributed by atoms with E-state index < -0.39 is 15.8 Å². The second kappa shape index (κ2) is 7.20. The van der Waals surface area contributed by atoms with Crippen LogP contribution in [-0.4, -0.2) is 58.3 Å². The molecule has 0 saturated carbocycles. The third-order valence-electron chi connectivity index (χ3n) is 3.62. The number of sulfonamides is 1. The lowest BCUT2D eigenvalue weighted by molar-refractivity contribution is 0.254. The van der Waals surface area contributed by atoms with Gasteiger partial charge in [0, 0.05) is 39.3 Å². The van der Waals surface area contributed by atoms with Crippen molar-refractivity contribution >= 4 is 15.7 Å². The molecule has 0 unspecified atom stereocenters. The van der Waals surface area contributed by atoms with Crippen molar-refractivity contribution in [2.45, 2.75) is 6.92 Å². The summed E-state index contributed by atoms with van der Waals surface area (Å²) >= 11 is 0.